The maximum Gasteiger partial charge on any atom is 0.226 e. The van der Waals surface area contributed by atoms with E-state index in [4.69, 9.17) is 14.1 Å². The van der Waals surface area contributed by atoms with Crippen LogP contribution in [-0.2, 0) is 17.9 Å². The topological polar surface area (TPSA) is 51.4 Å². The summed E-state index contributed by atoms with van der Waals surface area (Å²) in [6, 6.07) is 22.8. The number of likely N-dealkylation sites (tertiary alicyclic amines) is 1. The van der Waals surface area contributed by atoms with Crippen molar-refractivity contribution in [2.45, 2.75) is 39.0 Å². The molecule has 1 saturated heterocycles. The Morgan fingerprint density at radius 2 is 1.64 bits per heavy atom. The van der Waals surface area contributed by atoms with E-state index in [0.717, 1.165) is 55.1 Å². The second-order valence-corrected chi connectivity index (χ2v) is 8.61. The fourth-order valence-corrected chi connectivity index (χ4v) is 4.28. The predicted octanol–water partition coefficient (Wildman–Crippen LogP) is 5.89. The molecule has 1 aliphatic rings. The second kappa shape index (κ2) is 10.1. The summed E-state index contributed by atoms with van der Waals surface area (Å²) in [5.74, 6) is 1.59. The van der Waals surface area contributed by atoms with Crippen molar-refractivity contribution in [1.82, 2.24) is 14.9 Å². The van der Waals surface area contributed by atoms with Gasteiger partial charge in [-0.05, 0) is 54.7 Å². The van der Waals surface area contributed by atoms with E-state index in [2.05, 4.69) is 64.5 Å². The first-order valence-electron chi connectivity index (χ1n) is 11.6. The zero-order chi connectivity index (χ0) is 22.5. The van der Waals surface area contributed by atoms with Crippen molar-refractivity contribution in [2.75, 3.05) is 13.1 Å². The Morgan fingerprint density at radius 3 is 2.36 bits per heavy atom. The van der Waals surface area contributed by atoms with Gasteiger partial charge in [0.1, 0.15) is 5.76 Å². The van der Waals surface area contributed by atoms with Gasteiger partial charge >= 0.3 is 0 Å². The van der Waals surface area contributed by atoms with Crippen LogP contribution >= 0.6 is 0 Å². The maximum absolute atomic E-state index is 6.09. The predicted molar refractivity (Wildman–Crippen MR) is 129 cm³/mol. The molecule has 0 saturated carbocycles. The summed E-state index contributed by atoms with van der Waals surface area (Å²) in [7, 11) is 0. The normalized spacial score (nSPS) is 15.1. The monoisotopic (exact) mass is 439 g/mol. The number of nitrogens with zero attached hydrogens (tertiary/aromatic N) is 3. The van der Waals surface area contributed by atoms with Gasteiger partial charge in [0.25, 0.3) is 0 Å². The van der Waals surface area contributed by atoms with Crippen molar-refractivity contribution in [1.29, 1.82) is 0 Å². The third-order valence-corrected chi connectivity index (χ3v) is 6.25. The van der Waals surface area contributed by atoms with Crippen molar-refractivity contribution in [3.8, 4) is 22.6 Å². The van der Waals surface area contributed by atoms with Crippen LogP contribution in [0.5, 0.6) is 0 Å². The molecule has 1 aliphatic heterocycles. The van der Waals surface area contributed by atoms with Gasteiger partial charge in [-0.15, -0.1) is 0 Å². The minimum atomic E-state index is 0.304. The number of pyridine rings is 1. The third-order valence-electron chi connectivity index (χ3n) is 6.25. The Hall–Kier alpha value is -3.28. The van der Waals surface area contributed by atoms with Gasteiger partial charge in [0.15, 0.2) is 0 Å². The van der Waals surface area contributed by atoms with E-state index in [0.29, 0.717) is 18.6 Å². The number of piperidine rings is 1. The highest BCUT2D eigenvalue weighted by Crippen LogP contribution is 2.27. The van der Waals surface area contributed by atoms with Crippen molar-refractivity contribution < 1.29 is 9.15 Å². The van der Waals surface area contributed by atoms with Gasteiger partial charge in [-0.2, -0.15) is 0 Å². The molecule has 168 valence electrons. The Balaban J connectivity index is 1.16. The molecule has 0 amide bonds. The number of aryl methyl sites for hydroxylation is 1. The lowest BCUT2D eigenvalue weighted by atomic mass is 10.0. The van der Waals surface area contributed by atoms with Crippen LogP contribution in [0.2, 0.25) is 0 Å². The summed E-state index contributed by atoms with van der Waals surface area (Å²) in [4.78, 5) is 11.4. The highest BCUT2D eigenvalue weighted by atomic mass is 16.5. The number of aromatic nitrogens is 2. The maximum atomic E-state index is 6.09. The van der Waals surface area contributed by atoms with Crippen molar-refractivity contribution in [2.24, 2.45) is 0 Å². The molecule has 5 nitrogen and oxygen atoms in total. The summed E-state index contributed by atoms with van der Waals surface area (Å²) >= 11 is 0. The quantitative estimate of drug-likeness (QED) is 0.359. The second-order valence-electron chi connectivity index (χ2n) is 8.61. The van der Waals surface area contributed by atoms with Crippen LogP contribution in [-0.4, -0.2) is 34.1 Å². The van der Waals surface area contributed by atoms with Gasteiger partial charge in [0.05, 0.1) is 18.4 Å². The van der Waals surface area contributed by atoms with Crippen LogP contribution in [0, 0.1) is 6.92 Å². The van der Waals surface area contributed by atoms with Gasteiger partial charge in [-0.1, -0.05) is 48.5 Å². The number of hydrogen-bond acceptors (Lipinski definition) is 5. The highest BCUT2D eigenvalue weighted by Gasteiger charge is 2.22. The molecular formula is C28H29N3O2. The number of hydrogen-bond donors (Lipinski definition) is 0. The lowest BCUT2D eigenvalue weighted by molar-refractivity contribution is -0.00427. The molecule has 0 N–H and O–H groups in total. The summed E-state index contributed by atoms with van der Waals surface area (Å²) in [5.41, 5.74) is 5.55. The van der Waals surface area contributed by atoms with Crippen LogP contribution in [0.4, 0.5) is 0 Å². The molecule has 3 heterocycles. The molecule has 0 aliphatic carbocycles. The molecule has 33 heavy (non-hydrogen) atoms. The number of oxazole rings is 1. The molecule has 0 atom stereocenters. The van der Waals surface area contributed by atoms with Gasteiger partial charge in [0.2, 0.25) is 5.89 Å². The Kier molecular flexibility index (Phi) is 6.61. The standard InChI is InChI=1S/C28H29N3O2/c1-21-27(19-31-16-13-26(14-17-31)32-20-22-6-5-15-29-18-22)30-28(33-21)25-11-9-24(10-12-25)23-7-3-2-4-8-23/h2-12,15,18,26H,13-14,16-17,19-20H2,1H3. The van der Waals surface area contributed by atoms with E-state index < -0.39 is 0 Å². The van der Waals surface area contributed by atoms with Gasteiger partial charge in [-0.25, -0.2) is 4.98 Å². The molecular weight excluding hydrogens is 410 g/mol. The van der Waals surface area contributed by atoms with Crippen LogP contribution in [0.3, 0.4) is 0 Å². The zero-order valence-corrected chi connectivity index (χ0v) is 19.0. The van der Waals surface area contributed by atoms with Gasteiger partial charge in [-0.3, -0.25) is 9.88 Å². The van der Waals surface area contributed by atoms with Crippen LogP contribution in [0.15, 0.2) is 83.5 Å². The van der Waals surface area contributed by atoms with E-state index >= 15 is 0 Å². The summed E-state index contributed by atoms with van der Waals surface area (Å²) in [5, 5.41) is 0. The molecule has 5 heteroatoms. The van der Waals surface area contributed by atoms with E-state index in [9.17, 15) is 0 Å². The number of ether oxygens (including phenoxy) is 1. The SMILES string of the molecule is Cc1oc(-c2ccc(-c3ccccc3)cc2)nc1CN1CCC(OCc2cccnc2)CC1. The van der Waals surface area contributed by atoms with Crippen molar-refractivity contribution in [3.05, 3.63) is 96.1 Å². The first kappa shape index (κ1) is 21.6. The highest BCUT2D eigenvalue weighted by molar-refractivity contribution is 5.67. The van der Waals surface area contributed by atoms with Crippen LogP contribution in [0.1, 0.15) is 29.9 Å². The smallest absolute Gasteiger partial charge is 0.226 e. The lowest BCUT2D eigenvalue weighted by Crippen LogP contribution is -2.36. The Bertz CT molecular complexity index is 1150. The van der Waals surface area contributed by atoms with E-state index in [1.807, 2.05) is 25.3 Å². The Morgan fingerprint density at radius 1 is 0.909 bits per heavy atom. The van der Waals surface area contributed by atoms with Gasteiger partial charge < -0.3 is 9.15 Å². The average Bonchev–Trinajstić information content (AvgIpc) is 3.25. The summed E-state index contributed by atoms with van der Waals surface area (Å²) < 4.78 is 12.1. The third kappa shape index (κ3) is 5.38. The van der Waals surface area contributed by atoms with E-state index in [1.165, 1.54) is 11.1 Å². The van der Waals surface area contributed by atoms with Crippen molar-refractivity contribution >= 4 is 0 Å². The largest absolute Gasteiger partial charge is 0.441 e. The minimum absolute atomic E-state index is 0.304. The molecule has 0 radical (unpaired) electrons. The molecule has 2 aromatic heterocycles. The molecule has 2 aromatic carbocycles. The molecule has 1 fully saturated rings. The molecule has 5 rings (SSSR count). The van der Waals surface area contributed by atoms with E-state index in [-0.39, 0.29) is 0 Å². The van der Waals surface area contributed by atoms with Crippen LogP contribution in [0.25, 0.3) is 22.6 Å². The van der Waals surface area contributed by atoms with Crippen LogP contribution < -0.4 is 0 Å². The molecule has 0 bridgehead atoms. The van der Waals surface area contributed by atoms with Gasteiger partial charge in [0, 0.05) is 37.6 Å². The number of rotatable bonds is 7. The first-order chi connectivity index (χ1) is 16.2. The lowest BCUT2D eigenvalue weighted by Gasteiger charge is -2.31. The Labute approximate surface area is 195 Å². The zero-order valence-electron chi connectivity index (χ0n) is 19.0. The summed E-state index contributed by atoms with van der Waals surface area (Å²) in [6.45, 7) is 5.46. The molecule has 0 spiro atoms. The first-order valence-corrected chi connectivity index (χ1v) is 11.6. The molecule has 0 unspecified atom stereocenters. The van der Waals surface area contributed by atoms with Crippen molar-refractivity contribution in [3.63, 3.8) is 0 Å². The number of benzene rings is 2. The fraction of sp³-hybridized carbons (Fsp3) is 0.286. The molecule has 4 aromatic rings. The van der Waals surface area contributed by atoms with E-state index in [1.54, 1.807) is 6.20 Å². The fourth-order valence-electron chi connectivity index (χ4n) is 4.28. The minimum Gasteiger partial charge on any atom is -0.441 e. The average molecular weight is 440 g/mol. The summed E-state index contributed by atoms with van der Waals surface area (Å²) in [6.07, 6.45) is 6.03.